The molecule has 112 valence electrons. The topological polar surface area (TPSA) is 64.0 Å². The third-order valence-corrected chi connectivity index (χ3v) is 3.83. The molecular formula is C14H28N2O3. The largest absolute Gasteiger partial charge is 0.396 e. The van der Waals surface area contributed by atoms with E-state index in [1.54, 1.807) is 0 Å². The van der Waals surface area contributed by atoms with Crippen molar-refractivity contribution in [3.8, 4) is 0 Å². The molecular weight excluding hydrogens is 244 g/mol. The van der Waals surface area contributed by atoms with Crippen LogP contribution in [0, 0.1) is 5.41 Å². The highest BCUT2D eigenvalue weighted by Gasteiger charge is 2.25. The summed E-state index contributed by atoms with van der Waals surface area (Å²) in [6.45, 7) is 4.80. The molecule has 0 bridgehead atoms. The third-order valence-electron chi connectivity index (χ3n) is 3.83. The minimum absolute atomic E-state index is 0.0477. The van der Waals surface area contributed by atoms with Gasteiger partial charge < -0.3 is 20.0 Å². The van der Waals surface area contributed by atoms with Crippen molar-refractivity contribution in [3.63, 3.8) is 0 Å². The normalized spacial score (nSPS) is 17.0. The van der Waals surface area contributed by atoms with Gasteiger partial charge in [-0.3, -0.25) is 4.79 Å². The Kier molecular flexibility index (Phi) is 6.75. The Labute approximate surface area is 116 Å². The molecule has 1 amide bonds. The van der Waals surface area contributed by atoms with Crippen LogP contribution in [0.15, 0.2) is 0 Å². The summed E-state index contributed by atoms with van der Waals surface area (Å²) in [5.41, 5.74) is -0.497. The molecule has 1 saturated heterocycles. The summed E-state index contributed by atoms with van der Waals surface area (Å²) in [6.07, 6.45) is 3.99. The second kappa shape index (κ2) is 7.82. The molecule has 1 aliphatic heterocycles. The summed E-state index contributed by atoms with van der Waals surface area (Å²) in [5.74, 6) is 0.223. The molecule has 0 aromatic heterocycles. The summed E-state index contributed by atoms with van der Waals surface area (Å²) < 4.78 is 0. The molecule has 5 heteroatoms. The Bertz CT molecular complexity index is 274. The first-order valence-corrected chi connectivity index (χ1v) is 7.19. The van der Waals surface area contributed by atoms with Gasteiger partial charge in [-0.15, -0.1) is 0 Å². The lowest BCUT2D eigenvalue weighted by Crippen LogP contribution is -2.41. The minimum Gasteiger partial charge on any atom is -0.396 e. The van der Waals surface area contributed by atoms with Gasteiger partial charge in [0, 0.05) is 38.0 Å². The fourth-order valence-electron chi connectivity index (χ4n) is 2.47. The van der Waals surface area contributed by atoms with E-state index >= 15 is 0 Å². The standard InChI is InChI=1S/C14H28N2O3/c1-14(11-17,12-18)10-15(2)9-6-13(19)16-7-4-3-5-8-16/h17-18H,3-12H2,1-2H3. The minimum atomic E-state index is -0.497. The van der Waals surface area contributed by atoms with Gasteiger partial charge in [-0.25, -0.2) is 0 Å². The summed E-state index contributed by atoms with van der Waals surface area (Å²) in [6, 6.07) is 0. The van der Waals surface area contributed by atoms with Crippen LogP contribution in [0.2, 0.25) is 0 Å². The number of hydrogen-bond donors (Lipinski definition) is 2. The molecule has 0 spiro atoms. The second-order valence-electron chi connectivity index (χ2n) is 6.06. The van der Waals surface area contributed by atoms with Crippen molar-refractivity contribution in [2.45, 2.75) is 32.6 Å². The van der Waals surface area contributed by atoms with Crippen LogP contribution in [0.1, 0.15) is 32.6 Å². The number of rotatable bonds is 7. The van der Waals surface area contributed by atoms with Crippen molar-refractivity contribution in [1.82, 2.24) is 9.80 Å². The maximum Gasteiger partial charge on any atom is 0.223 e. The van der Waals surface area contributed by atoms with Crippen LogP contribution in [-0.2, 0) is 4.79 Å². The molecule has 1 fully saturated rings. The van der Waals surface area contributed by atoms with E-state index in [4.69, 9.17) is 0 Å². The first-order chi connectivity index (χ1) is 9.00. The van der Waals surface area contributed by atoms with Gasteiger partial charge in [-0.2, -0.15) is 0 Å². The van der Waals surface area contributed by atoms with Crippen LogP contribution in [0.5, 0.6) is 0 Å². The van der Waals surface area contributed by atoms with Gasteiger partial charge in [0.05, 0.1) is 13.2 Å². The van der Waals surface area contributed by atoms with Crippen molar-refractivity contribution in [2.24, 2.45) is 5.41 Å². The zero-order valence-corrected chi connectivity index (χ0v) is 12.3. The van der Waals surface area contributed by atoms with E-state index in [1.165, 1.54) is 6.42 Å². The zero-order valence-electron chi connectivity index (χ0n) is 12.3. The maximum absolute atomic E-state index is 12.0. The molecule has 5 nitrogen and oxygen atoms in total. The summed E-state index contributed by atoms with van der Waals surface area (Å²) in [4.78, 5) is 16.0. The van der Waals surface area contributed by atoms with Crippen molar-refractivity contribution >= 4 is 5.91 Å². The molecule has 19 heavy (non-hydrogen) atoms. The molecule has 0 radical (unpaired) electrons. The van der Waals surface area contributed by atoms with E-state index in [2.05, 4.69) is 0 Å². The number of aliphatic hydroxyl groups is 2. The van der Waals surface area contributed by atoms with E-state index in [1.807, 2.05) is 23.8 Å². The SMILES string of the molecule is CN(CCC(=O)N1CCCCC1)CC(C)(CO)CO. The average Bonchev–Trinajstić information content (AvgIpc) is 2.45. The fourth-order valence-corrected chi connectivity index (χ4v) is 2.47. The highest BCUT2D eigenvalue weighted by Crippen LogP contribution is 2.16. The number of likely N-dealkylation sites (tertiary alicyclic amines) is 1. The van der Waals surface area contributed by atoms with Crippen LogP contribution in [0.3, 0.4) is 0 Å². The van der Waals surface area contributed by atoms with Gasteiger partial charge in [0.1, 0.15) is 0 Å². The van der Waals surface area contributed by atoms with Crippen molar-refractivity contribution < 1.29 is 15.0 Å². The van der Waals surface area contributed by atoms with Gasteiger partial charge in [0.25, 0.3) is 0 Å². The summed E-state index contributed by atoms with van der Waals surface area (Å²) >= 11 is 0. The molecule has 0 atom stereocenters. The number of aliphatic hydroxyl groups excluding tert-OH is 2. The van der Waals surface area contributed by atoms with Gasteiger partial charge in [0.15, 0.2) is 0 Å². The fraction of sp³-hybridized carbons (Fsp3) is 0.929. The lowest BCUT2D eigenvalue weighted by molar-refractivity contribution is -0.132. The lowest BCUT2D eigenvalue weighted by atomic mass is 9.92. The number of amides is 1. The molecule has 0 saturated carbocycles. The maximum atomic E-state index is 12.0. The van der Waals surface area contributed by atoms with E-state index in [-0.39, 0.29) is 19.1 Å². The molecule has 1 heterocycles. The number of piperidine rings is 1. The van der Waals surface area contributed by atoms with Gasteiger partial charge in [-0.05, 0) is 26.3 Å². The van der Waals surface area contributed by atoms with E-state index in [9.17, 15) is 15.0 Å². The number of carbonyl (C=O) groups excluding carboxylic acids is 1. The predicted octanol–water partition coefficient (Wildman–Crippen LogP) is 0.312. The van der Waals surface area contributed by atoms with E-state index < -0.39 is 5.41 Å². The Morgan fingerprint density at radius 2 is 1.79 bits per heavy atom. The second-order valence-corrected chi connectivity index (χ2v) is 6.06. The Morgan fingerprint density at radius 1 is 1.21 bits per heavy atom. The highest BCUT2D eigenvalue weighted by atomic mass is 16.3. The van der Waals surface area contributed by atoms with Crippen LogP contribution in [0.4, 0.5) is 0 Å². The van der Waals surface area contributed by atoms with Gasteiger partial charge in [0.2, 0.25) is 5.91 Å². The lowest BCUT2D eigenvalue weighted by Gasteiger charge is -2.31. The van der Waals surface area contributed by atoms with Crippen molar-refractivity contribution in [3.05, 3.63) is 0 Å². The van der Waals surface area contributed by atoms with E-state index in [0.717, 1.165) is 25.9 Å². The van der Waals surface area contributed by atoms with Crippen LogP contribution >= 0.6 is 0 Å². The summed E-state index contributed by atoms with van der Waals surface area (Å²) in [7, 11) is 1.92. The number of carbonyl (C=O) groups is 1. The third kappa shape index (κ3) is 5.47. The molecule has 0 aliphatic carbocycles. The summed E-state index contributed by atoms with van der Waals surface area (Å²) in [5, 5.41) is 18.5. The molecule has 0 aromatic carbocycles. The molecule has 2 N–H and O–H groups in total. The average molecular weight is 272 g/mol. The van der Waals surface area contributed by atoms with Crippen LogP contribution in [-0.4, -0.2) is 72.4 Å². The quantitative estimate of drug-likeness (QED) is 0.700. The number of nitrogens with zero attached hydrogens (tertiary/aromatic N) is 2. The van der Waals surface area contributed by atoms with Crippen molar-refractivity contribution in [2.75, 3.05) is 46.4 Å². The number of hydrogen-bond acceptors (Lipinski definition) is 4. The molecule has 0 unspecified atom stereocenters. The Balaban J connectivity index is 2.29. The smallest absolute Gasteiger partial charge is 0.223 e. The van der Waals surface area contributed by atoms with Gasteiger partial charge >= 0.3 is 0 Å². The van der Waals surface area contributed by atoms with Crippen molar-refractivity contribution in [1.29, 1.82) is 0 Å². The first kappa shape index (κ1) is 16.4. The predicted molar refractivity (Wildman–Crippen MR) is 74.8 cm³/mol. The molecule has 1 rings (SSSR count). The zero-order chi connectivity index (χ0) is 14.3. The van der Waals surface area contributed by atoms with E-state index in [0.29, 0.717) is 19.5 Å². The first-order valence-electron chi connectivity index (χ1n) is 7.19. The van der Waals surface area contributed by atoms with Crippen LogP contribution in [0.25, 0.3) is 0 Å². The Morgan fingerprint density at radius 3 is 2.32 bits per heavy atom. The molecule has 1 aliphatic rings. The highest BCUT2D eigenvalue weighted by molar-refractivity contribution is 5.76. The monoisotopic (exact) mass is 272 g/mol. The van der Waals surface area contributed by atoms with Crippen LogP contribution < -0.4 is 0 Å². The Hall–Kier alpha value is -0.650. The molecule has 0 aromatic rings. The van der Waals surface area contributed by atoms with Gasteiger partial charge in [-0.1, -0.05) is 6.92 Å².